The molecule has 1 amide bonds. The highest BCUT2D eigenvalue weighted by Crippen LogP contribution is 2.36. The maximum absolute atomic E-state index is 14.1. The number of benzene rings is 2. The smallest absolute Gasteiger partial charge is 0.267 e. The summed E-state index contributed by atoms with van der Waals surface area (Å²) in [7, 11) is 0. The summed E-state index contributed by atoms with van der Waals surface area (Å²) < 4.78 is 16.4. The molecule has 1 atom stereocenters. The van der Waals surface area contributed by atoms with E-state index in [0.29, 0.717) is 0 Å². The van der Waals surface area contributed by atoms with Crippen LogP contribution in [-0.2, 0) is 4.79 Å². The molecule has 2 heterocycles. The van der Waals surface area contributed by atoms with Crippen LogP contribution in [0.15, 0.2) is 54.6 Å². The molecule has 4 rings (SSSR count). The number of carbonyl (C=O) groups excluding carboxylic acids is 1. The van der Waals surface area contributed by atoms with Crippen molar-refractivity contribution in [3.05, 3.63) is 71.7 Å². The van der Waals surface area contributed by atoms with Crippen LogP contribution in [0.25, 0.3) is 28.7 Å². The second-order valence-corrected chi connectivity index (χ2v) is 8.37. The summed E-state index contributed by atoms with van der Waals surface area (Å²) in [4.78, 5) is 18.8. The first-order valence-electron chi connectivity index (χ1n) is 11.3. The standard InChI is InChI=1S/C26H29FN4O2/c1-3-30-14-6-11-23(17-30)31-25(20-8-5-10-22(27)16-20)18(2)28-26(31)21-9-4-7-19(15-21)12-13-24(32)29-33/h4-5,7-10,12-13,15-16,23,33H,3,6,11,14,17H2,1-2H3,(H,29,32)/t23-/m1/s1. The Morgan fingerprint density at radius 2 is 2.03 bits per heavy atom. The number of aryl methyl sites for hydroxylation is 1. The number of amides is 1. The molecule has 1 aliphatic rings. The fourth-order valence-corrected chi connectivity index (χ4v) is 4.61. The Labute approximate surface area is 193 Å². The number of nitrogens with zero attached hydrogens (tertiary/aromatic N) is 3. The van der Waals surface area contributed by atoms with Gasteiger partial charge in [-0.1, -0.05) is 37.3 Å². The molecule has 0 bridgehead atoms. The summed E-state index contributed by atoms with van der Waals surface area (Å²) in [6, 6.07) is 14.7. The molecule has 0 spiro atoms. The third kappa shape index (κ3) is 5.05. The first-order valence-corrected chi connectivity index (χ1v) is 11.3. The molecule has 0 unspecified atom stereocenters. The van der Waals surface area contributed by atoms with Crippen molar-refractivity contribution >= 4 is 12.0 Å². The predicted octanol–water partition coefficient (Wildman–Crippen LogP) is 4.84. The van der Waals surface area contributed by atoms with Crippen molar-refractivity contribution in [3.63, 3.8) is 0 Å². The zero-order chi connectivity index (χ0) is 23.4. The molecule has 2 aromatic carbocycles. The highest BCUT2D eigenvalue weighted by atomic mass is 19.1. The lowest BCUT2D eigenvalue weighted by Crippen LogP contribution is -2.36. The van der Waals surface area contributed by atoms with Gasteiger partial charge in [0.25, 0.3) is 5.91 Å². The summed E-state index contributed by atoms with van der Waals surface area (Å²) in [5, 5.41) is 8.73. The van der Waals surface area contributed by atoms with Gasteiger partial charge in [-0.15, -0.1) is 0 Å². The van der Waals surface area contributed by atoms with Gasteiger partial charge in [0.2, 0.25) is 0 Å². The van der Waals surface area contributed by atoms with Crippen molar-refractivity contribution in [1.29, 1.82) is 0 Å². The molecule has 7 heteroatoms. The zero-order valence-electron chi connectivity index (χ0n) is 19.0. The maximum Gasteiger partial charge on any atom is 0.267 e. The number of hydroxylamine groups is 1. The normalized spacial score (nSPS) is 16.9. The van der Waals surface area contributed by atoms with E-state index in [1.165, 1.54) is 12.1 Å². The van der Waals surface area contributed by atoms with Gasteiger partial charge in [0.05, 0.1) is 11.4 Å². The minimum Gasteiger partial charge on any atom is -0.319 e. The average molecular weight is 449 g/mol. The maximum atomic E-state index is 14.1. The lowest BCUT2D eigenvalue weighted by atomic mass is 10.0. The molecular weight excluding hydrogens is 419 g/mol. The number of halogens is 1. The van der Waals surface area contributed by atoms with E-state index in [0.717, 1.165) is 66.4 Å². The summed E-state index contributed by atoms with van der Waals surface area (Å²) in [5.74, 6) is -0.0288. The van der Waals surface area contributed by atoms with Crippen LogP contribution >= 0.6 is 0 Å². The number of rotatable bonds is 6. The van der Waals surface area contributed by atoms with Crippen LogP contribution in [0.3, 0.4) is 0 Å². The van der Waals surface area contributed by atoms with Gasteiger partial charge in [0.15, 0.2) is 0 Å². The second-order valence-electron chi connectivity index (χ2n) is 8.37. The lowest BCUT2D eigenvalue weighted by Gasteiger charge is -2.34. The molecule has 2 N–H and O–H groups in total. The van der Waals surface area contributed by atoms with Gasteiger partial charge in [-0.25, -0.2) is 14.9 Å². The molecule has 1 saturated heterocycles. The largest absolute Gasteiger partial charge is 0.319 e. The van der Waals surface area contributed by atoms with Crippen LogP contribution in [0.4, 0.5) is 4.39 Å². The Hall–Kier alpha value is -3.29. The van der Waals surface area contributed by atoms with Gasteiger partial charge in [0, 0.05) is 29.8 Å². The van der Waals surface area contributed by atoms with E-state index < -0.39 is 5.91 Å². The van der Waals surface area contributed by atoms with E-state index in [-0.39, 0.29) is 11.9 Å². The summed E-state index contributed by atoms with van der Waals surface area (Å²) >= 11 is 0. The summed E-state index contributed by atoms with van der Waals surface area (Å²) in [5.41, 5.74) is 5.94. The Morgan fingerprint density at radius 3 is 2.79 bits per heavy atom. The molecule has 1 aliphatic heterocycles. The van der Waals surface area contributed by atoms with Crippen LogP contribution in [0.2, 0.25) is 0 Å². The van der Waals surface area contributed by atoms with Crippen molar-refractivity contribution in [2.75, 3.05) is 19.6 Å². The molecule has 0 aliphatic carbocycles. The number of hydrogen-bond acceptors (Lipinski definition) is 4. The van der Waals surface area contributed by atoms with Crippen LogP contribution in [-0.4, -0.2) is 45.2 Å². The summed E-state index contributed by atoms with van der Waals surface area (Å²) in [6.07, 6.45) is 5.03. The fraction of sp³-hybridized carbons (Fsp3) is 0.308. The van der Waals surface area contributed by atoms with Crippen molar-refractivity contribution < 1.29 is 14.4 Å². The van der Waals surface area contributed by atoms with E-state index in [9.17, 15) is 9.18 Å². The molecule has 1 aromatic heterocycles. The molecule has 0 saturated carbocycles. The second kappa shape index (κ2) is 10.1. The lowest BCUT2D eigenvalue weighted by molar-refractivity contribution is -0.124. The van der Waals surface area contributed by atoms with Crippen molar-refractivity contribution in [3.8, 4) is 22.6 Å². The molecule has 6 nitrogen and oxygen atoms in total. The quantitative estimate of drug-likeness (QED) is 0.322. The minimum atomic E-state index is -0.590. The van der Waals surface area contributed by atoms with Gasteiger partial charge in [0.1, 0.15) is 11.6 Å². The van der Waals surface area contributed by atoms with Crippen molar-refractivity contribution in [1.82, 2.24) is 19.9 Å². The van der Waals surface area contributed by atoms with Crippen LogP contribution in [0.5, 0.6) is 0 Å². The van der Waals surface area contributed by atoms with Crippen LogP contribution in [0.1, 0.15) is 37.1 Å². The zero-order valence-corrected chi connectivity index (χ0v) is 19.0. The fourth-order valence-electron chi connectivity index (χ4n) is 4.61. The van der Waals surface area contributed by atoms with Gasteiger partial charge in [-0.2, -0.15) is 0 Å². The van der Waals surface area contributed by atoms with Crippen molar-refractivity contribution in [2.24, 2.45) is 0 Å². The number of imidazole rings is 1. The third-order valence-electron chi connectivity index (χ3n) is 6.16. The van der Waals surface area contributed by atoms with E-state index in [2.05, 4.69) is 16.4 Å². The molecule has 3 aromatic rings. The first kappa shape index (κ1) is 22.9. The number of nitrogens with one attached hydrogen (secondary N) is 1. The molecule has 0 radical (unpaired) electrons. The minimum absolute atomic E-state index is 0.215. The van der Waals surface area contributed by atoms with E-state index in [1.54, 1.807) is 23.7 Å². The number of aromatic nitrogens is 2. The van der Waals surface area contributed by atoms with Gasteiger partial charge in [-0.05, 0) is 62.7 Å². The van der Waals surface area contributed by atoms with E-state index >= 15 is 0 Å². The first-order chi connectivity index (χ1) is 16.0. The monoisotopic (exact) mass is 448 g/mol. The van der Waals surface area contributed by atoms with Crippen molar-refractivity contribution in [2.45, 2.75) is 32.7 Å². The van der Waals surface area contributed by atoms with E-state index in [1.807, 2.05) is 37.3 Å². The molecule has 172 valence electrons. The molecule has 1 fully saturated rings. The highest BCUT2D eigenvalue weighted by Gasteiger charge is 2.27. The number of hydrogen-bond donors (Lipinski definition) is 2. The topological polar surface area (TPSA) is 70.4 Å². The highest BCUT2D eigenvalue weighted by molar-refractivity contribution is 5.91. The predicted molar refractivity (Wildman–Crippen MR) is 127 cm³/mol. The van der Waals surface area contributed by atoms with Gasteiger partial charge >= 0.3 is 0 Å². The number of carbonyl (C=O) groups is 1. The Balaban J connectivity index is 1.84. The molecular formula is C26H29FN4O2. The number of likely N-dealkylation sites (N-methyl/N-ethyl adjacent to an activating group) is 1. The molecule has 33 heavy (non-hydrogen) atoms. The SMILES string of the molecule is CCN1CCC[C@@H](n2c(-c3cccc(C=CC(=O)NO)c3)nc(C)c2-c2cccc(F)c2)C1. The summed E-state index contributed by atoms with van der Waals surface area (Å²) in [6.45, 7) is 7.13. The Bertz CT molecular complexity index is 1170. The van der Waals surface area contributed by atoms with Crippen LogP contribution < -0.4 is 5.48 Å². The number of piperidine rings is 1. The van der Waals surface area contributed by atoms with Gasteiger partial charge in [-0.3, -0.25) is 10.0 Å². The Kier molecular flexibility index (Phi) is 7.01. The Morgan fingerprint density at radius 1 is 1.24 bits per heavy atom. The average Bonchev–Trinajstić information content (AvgIpc) is 3.19. The van der Waals surface area contributed by atoms with Crippen LogP contribution in [0, 0.1) is 12.7 Å². The number of likely N-dealkylation sites (tertiary alicyclic amines) is 1. The van der Waals surface area contributed by atoms with Gasteiger partial charge < -0.3 is 9.47 Å². The third-order valence-corrected chi connectivity index (χ3v) is 6.16. The van der Waals surface area contributed by atoms with E-state index in [4.69, 9.17) is 10.2 Å².